The van der Waals surface area contributed by atoms with Gasteiger partial charge in [-0.25, -0.2) is 4.79 Å². The van der Waals surface area contributed by atoms with E-state index < -0.39 is 0 Å². The molecule has 3 nitrogen and oxygen atoms in total. The number of carbonyl (C=O) groups excluding carboxylic acids is 1. The highest BCUT2D eigenvalue weighted by Crippen LogP contribution is 1.81. The molecule has 0 bridgehead atoms. The summed E-state index contributed by atoms with van der Waals surface area (Å²) in [6.45, 7) is 7.03. The lowest BCUT2D eigenvalue weighted by Crippen LogP contribution is -2.22. The Morgan fingerprint density at radius 2 is 2.25 bits per heavy atom. The molecule has 0 spiro atoms. The standard InChI is InChI=1S/C9H17NO2/c1-4-12-9(11)6-5-7-10-8(2)3/h5-6,8,10H,4,7H2,1-3H3/b6-5+. The molecule has 0 unspecified atom stereocenters. The van der Waals surface area contributed by atoms with Crippen LogP contribution in [0.3, 0.4) is 0 Å². The lowest BCUT2D eigenvalue weighted by atomic mass is 10.4. The monoisotopic (exact) mass is 171 g/mol. The van der Waals surface area contributed by atoms with Crippen molar-refractivity contribution < 1.29 is 9.53 Å². The van der Waals surface area contributed by atoms with E-state index in [1.807, 2.05) is 0 Å². The molecule has 0 aliphatic rings. The largest absolute Gasteiger partial charge is 0.463 e. The van der Waals surface area contributed by atoms with Gasteiger partial charge in [-0.15, -0.1) is 0 Å². The van der Waals surface area contributed by atoms with E-state index in [0.717, 1.165) is 0 Å². The molecule has 12 heavy (non-hydrogen) atoms. The average Bonchev–Trinajstić information content (AvgIpc) is 1.98. The van der Waals surface area contributed by atoms with Crippen LogP contribution < -0.4 is 5.32 Å². The van der Waals surface area contributed by atoms with Crippen LogP contribution in [0.1, 0.15) is 20.8 Å². The maximum atomic E-state index is 10.8. The first-order valence-electron chi connectivity index (χ1n) is 4.23. The summed E-state index contributed by atoms with van der Waals surface area (Å²) in [4.78, 5) is 10.8. The van der Waals surface area contributed by atoms with E-state index in [1.165, 1.54) is 6.08 Å². The quantitative estimate of drug-likeness (QED) is 0.497. The number of esters is 1. The van der Waals surface area contributed by atoms with Gasteiger partial charge in [-0.3, -0.25) is 0 Å². The Bertz CT molecular complexity index is 153. The molecule has 70 valence electrons. The van der Waals surface area contributed by atoms with Crippen molar-refractivity contribution in [1.82, 2.24) is 5.32 Å². The van der Waals surface area contributed by atoms with Gasteiger partial charge in [0.05, 0.1) is 6.61 Å². The van der Waals surface area contributed by atoms with Gasteiger partial charge < -0.3 is 10.1 Å². The van der Waals surface area contributed by atoms with E-state index >= 15 is 0 Å². The Labute approximate surface area is 73.8 Å². The van der Waals surface area contributed by atoms with Gasteiger partial charge >= 0.3 is 5.97 Å². The first-order chi connectivity index (χ1) is 5.66. The molecule has 0 aromatic rings. The zero-order valence-electron chi connectivity index (χ0n) is 7.96. The number of rotatable bonds is 5. The van der Waals surface area contributed by atoms with Gasteiger partial charge in [0.1, 0.15) is 0 Å². The topological polar surface area (TPSA) is 38.3 Å². The summed E-state index contributed by atoms with van der Waals surface area (Å²) in [5.41, 5.74) is 0. The Hall–Kier alpha value is -0.830. The number of carbonyl (C=O) groups is 1. The minimum Gasteiger partial charge on any atom is -0.463 e. The lowest BCUT2D eigenvalue weighted by molar-refractivity contribution is -0.137. The van der Waals surface area contributed by atoms with Crippen LogP contribution in [0.2, 0.25) is 0 Å². The van der Waals surface area contributed by atoms with E-state index in [0.29, 0.717) is 19.2 Å². The van der Waals surface area contributed by atoms with Crippen molar-refractivity contribution in [1.29, 1.82) is 0 Å². The second-order valence-electron chi connectivity index (χ2n) is 2.72. The predicted octanol–water partition coefficient (Wildman–Crippen LogP) is 1.10. The molecule has 0 rings (SSSR count). The summed E-state index contributed by atoms with van der Waals surface area (Å²) >= 11 is 0. The fraction of sp³-hybridized carbons (Fsp3) is 0.667. The van der Waals surface area contributed by atoms with E-state index in [4.69, 9.17) is 4.74 Å². The predicted molar refractivity (Wildman–Crippen MR) is 48.9 cm³/mol. The zero-order valence-corrected chi connectivity index (χ0v) is 7.96. The maximum Gasteiger partial charge on any atom is 0.330 e. The van der Waals surface area contributed by atoms with Crippen LogP contribution in [-0.2, 0) is 9.53 Å². The Balaban J connectivity index is 3.41. The molecule has 0 heterocycles. The fourth-order valence-corrected chi connectivity index (χ4v) is 0.649. The second-order valence-corrected chi connectivity index (χ2v) is 2.72. The van der Waals surface area contributed by atoms with E-state index in [9.17, 15) is 4.79 Å². The summed E-state index contributed by atoms with van der Waals surface area (Å²) < 4.78 is 4.70. The zero-order chi connectivity index (χ0) is 9.40. The summed E-state index contributed by atoms with van der Waals surface area (Å²) in [6.07, 6.45) is 3.21. The molecule has 0 fully saturated rings. The van der Waals surface area contributed by atoms with Gasteiger partial charge in [-0.1, -0.05) is 19.9 Å². The summed E-state index contributed by atoms with van der Waals surface area (Å²) in [7, 11) is 0. The molecule has 3 heteroatoms. The van der Waals surface area contributed by atoms with Gasteiger partial charge in [0.2, 0.25) is 0 Å². The molecular formula is C9H17NO2. The molecule has 0 radical (unpaired) electrons. The van der Waals surface area contributed by atoms with Gasteiger partial charge in [-0.2, -0.15) is 0 Å². The highest BCUT2D eigenvalue weighted by molar-refractivity contribution is 5.81. The van der Waals surface area contributed by atoms with Gasteiger partial charge in [-0.05, 0) is 6.92 Å². The number of nitrogens with one attached hydrogen (secondary N) is 1. The summed E-state index contributed by atoms with van der Waals surface area (Å²) in [6, 6.07) is 0.442. The minimum atomic E-state index is -0.275. The van der Waals surface area contributed by atoms with Crippen molar-refractivity contribution in [3.8, 4) is 0 Å². The van der Waals surface area contributed by atoms with Gasteiger partial charge in [0.15, 0.2) is 0 Å². The normalized spacial score (nSPS) is 11.0. The minimum absolute atomic E-state index is 0.275. The molecule has 0 aromatic carbocycles. The van der Waals surface area contributed by atoms with Crippen LogP contribution in [0.5, 0.6) is 0 Å². The smallest absolute Gasteiger partial charge is 0.330 e. The van der Waals surface area contributed by atoms with E-state index in [-0.39, 0.29) is 5.97 Å². The molecule has 0 saturated heterocycles. The molecule has 0 amide bonds. The van der Waals surface area contributed by atoms with Crippen LogP contribution in [0.4, 0.5) is 0 Å². The lowest BCUT2D eigenvalue weighted by Gasteiger charge is -2.03. The van der Waals surface area contributed by atoms with Crippen molar-refractivity contribution in [2.45, 2.75) is 26.8 Å². The molecule has 1 N–H and O–H groups in total. The highest BCUT2D eigenvalue weighted by Gasteiger charge is 1.92. The van der Waals surface area contributed by atoms with Crippen LogP contribution in [0.25, 0.3) is 0 Å². The Morgan fingerprint density at radius 3 is 2.75 bits per heavy atom. The van der Waals surface area contributed by atoms with E-state index in [2.05, 4.69) is 19.2 Å². The third kappa shape index (κ3) is 7.28. The molecule has 0 aromatic heterocycles. The van der Waals surface area contributed by atoms with Crippen molar-refractivity contribution in [2.75, 3.05) is 13.2 Å². The number of hydrogen-bond acceptors (Lipinski definition) is 3. The average molecular weight is 171 g/mol. The van der Waals surface area contributed by atoms with Gasteiger partial charge in [0.25, 0.3) is 0 Å². The van der Waals surface area contributed by atoms with Crippen molar-refractivity contribution >= 4 is 5.97 Å². The van der Waals surface area contributed by atoms with E-state index in [1.54, 1.807) is 13.0 Å². The summed E-state index contributed by atoms with van der Waals surface area (Å²) in [5, 5.41) is 3.15. The van der Waals surface area contributed by atoms with Crippen molar-refractivity contribution in [3.63, 3.8) is 0 Å². The SMILES string of the molecule is CCOC(=O)/C=C/CNC(C)C. The van der Waals surface area contributed by atoms with Crippen molar-refractivity contribution in [3.05, 3.63) is 12.2 Å². The van der Waals surface area contributed by atoms with Crippen LogP contribution in [0.15, 0.2) is 12.2 Å². The number of hydrogen-bond donors (Lipinski definition) is 1. The van der Waals surface area contributed by atoms with Crippen LogP contribution in [-0.4, -0.2) is 25.2 Å². The molecule has 0 saturated carbocycles. The molecule has 0 aliphatic heterocycles. The third-order valence-corrected chi connectivity index (χ3v) is 1.18. The van der Waals surface area contributed by atoms with Crippen LogP contribution >= 0.6 is 0 Å². The van der Waals surface area contributed by atoms with Gasteiger partial charge in [0, 0.05) is 18.7 Å². The molecular weight excluding hydrogens is 154 g/mol. The number of ether oxygens (including phenoxy) is 1. The summed E-state index contributed by atoms with van der Waals surface area (Å²) in [5.74, 6) is -0.275. The fourth-order valence-electron chi connectivity index (χ4n) is 0.649. The first-order valence-corrected chi connectivity index (χ1v) is 4.23. The highest BCUT2D eigenvalue weighted by atomic mass is 16.5. The first kappa shape index (κ1) is 11.2. The second kappa shape index (κ2) is 6.85. The third-order valence-electron chi connectivity index (χ3n) is 1.18. The Morgan fingerprint density at radius 1 is 1.58 bits per heavy atom. The van der Waals surface area contributed by atoms with Crippen LogP contribution in [0, 0.1) is 0 Å². The Kier molecular flexibility index (Phi) is 6.38. The maximum absolute atomic E-state index is 10.8. The molecule has 0 aliphatic carbocycles. The molecule has 0 atom stereocenters. The van der Waals surface area contributed by atoms with Crippen molar-refractivity contribution in [2.24, 2.45) is 0 Å².